The molecule has 12 heavy (non-hydrogen) atoms. The van der Waals surface area contributed by atoms with Gasteiger partial charge in [0.1, 0.15) is 0 Å². The first-order chi connectivity index (χ1) is 5.61. The Hall–Kier alpha value is -0.550. The van der Waals surface area contributed by atoms with Crippen molar-refractivity contribution in [2.24, 2.45) is 5.92 Å². The summed E-state index contributed by atoms with van der Waals surface area (Å²) >= 11 is 0. The van der Waals surface area contributed by atoms with Crippen LogP contribution in [0.4, 0.5) is 0 Å². The Morgan fingerprint density at radius 1 is 1.67 bits per heavy atom. The highest BCUT2D eigenvalue weighted by molar-refractivity contribution is 4.99. The fourth-order valence-corrected chi connectivity index (χ4v) is 2.10. The van der Waals surface area contributed by atoms with E-state index >= 15 is 0 Å². The van der Waals surface area contributed by atoms with Crippen LogP contribution in [0.25, 0.3) is 0 Å². The van der Waals surface area contributed by atoms with Gasteiger partial charge in [-0.2, -0.15) is 5.26 Å². The summed E-state index contributed by atoms with van der Waals surface area (Å²) in [5.74, 6) is 0.648. The third-order valence-corrected chi connectivity index (χ3v) is 3.08. The smallest absolute Gasteiger partial charge is 0.0638 e. The van der Waals surface area contributed by atoms with Crippen LogP contribution in [0, 0.1) is 17.2 Å². The van der Waals surface area contributed by atoms with Crippen molar-refractivity contribution in [3.05, 3.63) is 0 Å². The molecule has 0 aromatic heterocycles. The second-order valence-corrected chi connectivity index (χ2v) is 4.21. The van der Waals surface area contributed by atoms with E-state index in [1.54, 1.807) is 0 Å². The maximum Gasteiger partial charge on any atom is 0.0638 e. The van der Waals surface area contributed by atoms with Crippen LogP contribution in [0.15, 0.2) is 0 Å². The van der Waals surface area contributed by atoms with Crippen molar-refractivity contribution in [2.45, 2.75) is 51.6 Å². The zero-order valence-electron chi connectivity index (χ0n) is 8.22. The molecule has 0 bridgehead atoms. The fourth-order valence-electron chi connectivity index (χ4n) is 2.10. The molecule has 1 rings (SSSR count). The number of hydrogen-bond donors (Lipinski definition) is 1. The lowest BCUT2D eigenvalue weighted by Gasteiger charge is -2.23. The molecular formula is C10H18N2. The number of rotatable bonds is 2. The predicted octanol–water partition coefficient (Wildman–Crippen LogP) is 2.07. The average molecular weight is 166 g/mol. The Bertz CT molecular complexity index is 195. The van der Waals surface area contributed by atoms with Crippen LogP contribution in [-0.2, 0) is 0 Å². The Morgan fingerprint density at radius 2 is 2.33 bits per heavy atom. The van der Waals surface area contributed by atoms with Gasteiger partial charge in [-0.3, -0.25) is 0 Å². The number of nitriles is 1. The van der Waals surface area contributed by atoms with Crippen LogP contribution < -0.4 is 5.32 Å². The highest BCUT2D eigenvalue weighted by Gasteiger charge is 2.37. The summed E-state index contributed by atoms with van der Waals surface area (Å²) in [7, 11) is 0. The summed E-state index contributed by atoms with van der Waals surface area (Å²) in [6, 6.07) is 2.66. The summed E-state index contributed by atoms with van der Waals surface area (Å²) < 4.78 is 0. The molecule has 0 aromatic rings. The summed E-state index contributed by atoms with van der Waals surface area (Å²) in [6.07, 6.45) is 3.01. The van der Waals surface area contributed by atoms with E-state index in [2.05, 4.69) is 32.2 Å². The van der Waals surface area contributed by atoms with Gasteiger partial charge in [0.2, 0.25) is 0 Å². The number of hydrogen-bond acceptors (Lipinski definition) is 2. The normalized spacial score (nSPS) is 41.2. The summed E-state index contributed by atoms with van der Waals surface area (Å²) in [4.78, 5) is 0. The Morgan fingerprint density at radius 3 is 2.75 bits per heavy atom. The van der Waals surface area contributed by atoms with Crippen LogP contribution in [0.2, 0.25) is 0 Å². The van der Waals surface area contributed by atoms with Crippen LogP contribution in [0.5, 0.6) is 0 Å². The Balaban J connectivity index is 2.56. The Labute approximate surface area is 75.0 Å². The molecule has 0 radical (unpaired) electrons. The zero-order valence-corrected chi connectivity index (χ0v) is 8.22. The van der Waals surface area contributed by atoms with Gasteiger partial charge in [-0.25, -0.2) is 0 Å². The predicted molar refractivity (Wildman–Crippen MR) is 49.6 cm³/mol. The summed E-state index contributed by atoms with van der Waals surface area (Å²) in [5.41, 5.74) is 0.279. The first-order valence-corrected chi connectivity index (χ1v) is 4.76. The minimum absolute atomic E-state index is 0.279. The van der Waals surface area contributed by atoms with Crippen molar-refractivity contribution in [3.63, 3.8) is 0 Å². The lowest BCUT2D eigenvalue weighted by Crippen LogP contribution is -2.39. The van der Waals surface area contributed by atoms with Crippen molar-refractivity contribution in [1.29, 1.82) is 5.26 Å². The maximum atomic E-state index is 8.60. The molecule has 0 aliphatic carbocycles. The van der Waals surface area contributed by atoms with E-state index in [0.29, 0.717) is 18.4 Å². The van der Waals surface area contributed by atoms with Gasteiger partial charge >= 0.3 is 0 Å². The molecule has 2 heteroatoms. The molecule has 0 amide bonds. The highest BCUT2D eigenvalue weighted by Crippen LogP contribution is 2.31. The van der Waals surface area contributed by atoms with Gasteiger partial charge in [0.05, 0.1) is 12.5 Å². The molecule has 3 atom stereocenters. The van der Waals surface area contributed by atoms with E-state index in [0.717, 1.165) is 6.42 Å². The number of nitrogens with zero attached hydrogens (tertiary/aromatic N) is 1. The molecule has 1 aliphatic rings. The molecule has 3 unspecified atom stereocenters. The molecule has 0 saturated carbocycles. The van der Waals surface area contributed by atoms with Crippen molar-refractivity contribution < 1.29 is 0 Å². The third kappa shape index (κ3) is 1.78. The van der Waals surface area contributed by atoms with E-state index in [4.69, 9.17) is 5.26 Å². The van der Waals surface area contributed by atoms with Crippen LogP contribution in [0.3, 0.4) is 0 Å². The largest absolute Gasteiger partial charge is 0.307 e. The van der Waals surface area contributed by atoms with Gasteiger partial charge < -0.3 is 5.32 Å². The molecule has 68 valence electrons. The van der Waals surface area contributed by atoms with E-state index in [1.807, 2.05) is 0 Å². The van der Waals surface area contributed by atoms with Gasteiger partial charge in [0.15, 0.2) is 0 Å². The summed E-state index contributed by atoms with van der Waals surface area (Å²) in [5, 5.41) is 12.1. The maximum absolute atomic E-state index is 8.60. The van der Waals surface area contributed by atoms with Crippen molar-refractivity contribution in [2.75, 3.05) is 0 Å². The second-order valence-electron chi connectivity index (χ2n) is 4.21. The molecule has 1 aliphatic heterocycles. The van der Waals surface area contributed by atoms with Crippen LogP contribution >= 0.6 is 0 Å². The van der Waals surface area contributed by atoms with Crippen LogP contribution in [-0.4, -0.2) is 11.6 Å². The van der Waals surface area contributed by atoms with Gasteiger partial charge in [-0.05, 0) is 25.7 Å². The molecule has 0 aromatic carbocycles. The van der Waals surface area contributed by atoms with Gasteiger partial charge in [0.25, 0.3) is 0 Å². The molecule has 1 fully saturated rings. The molecule has 2 nitrogen and oxygen atoms in total. The van der Waals surface area contributed by atoms with E-state index in [1.165, 1.54) is 6.42 Å². The SMILES string of the molecule is CCC1(C)CC(C)C(CC#N)N1. The zero-order chi connectivity index (χ0) is 9.19. The lowest BCUT2D eigenvalue weighted by molar-refractivity contribution is 0.379. The van der Waals surface area contributed by atoms with Gasteiger partial charge in [0, 0.05) is 11.6 Å². The molecule has 0 spiro atoms. The van der Waals surface area contributed by atoms with Gasteiger partial charge in [-0.1, -0.05) is 13.8 Å². The fraction of sp³-hybridized carbons (Fsp3) is 0.900. The van der Waals surface area contributed by atoms with Crippen molar-refractivity contribution in [3.8, 4) is 6.07 Å². The van der Waals surface area contributed by atoms with Crippen molar-refractivity contribution in [1.82, 2.24) is 5.32 Å². The van der Waals surface area contributed by atoms with E-state index < -0.39 is 0 Å². The molecular weight excluding hydrogens is 148 g/mol. The topological polar surface area (TPSA) is 35.8 Å². The summed E-state index contributed by atoms with van der Waals surface area (Å²) in [6.45, 7) is 6.69. The van der Waals surface area contributed by atoms with Crippen molar-refractivity contribution >= 4 is 0 Å². The van der Waals surface area contributed by atoms with Crippen LogP contribution in [0.1, 0.15) is 40.0 Å². The third-order valence-electron chi connectivity index (χ3n) is 3.08. The quantitative estimate of drug-likeness (QED) is 0.681. The second kappa shape index (κ2) is 3.45. The lowest BCUT2D eigenvalue weighted by atomic mass is 9.91. The first kappa shape index (κ1) is 9.54. The standard InChI is InChI=1S/C10H18N2/c1-4-10(3)7-8(2)9(12-10)5-6-11/h8-9,12H,4-5,7H2,1-3H3. The average Bonchev–Trinajstić information content (AvgIpc) is 2.30. The first-order valence-electron chi connectivity index (χ1n) is 4.76. The minimum atomic E-state index is 0.279. The number of nitrogens with one attached hydrogen (secondary N) is 1. The highest BCUT2D eigenvalue weighted by atomic mass is 15.0. The monoisotopic (exact) mass is 166 g/mol. The van der Waals surface area contributed by atoms with Gasteiger partial charge in [-0.15, -0.1) is 0 Å². The minimum Gasteiger partial charge on any atom is -0.307 e. The van der Waals surface area contributed by atoms with E-state index in [9.17, 15) is 0 Å². The molecule has 1 heterocycles. The Kier molecular flexibility index (Phi) is 2.74. The molecule has 1 N–H and O–H groups in total. The molecule has 1 saturated heterocycles. The van der Waals surface area contributed by atoms with E-state index in [-0.39, 0.29) is 5.54 Å².